The van der Waals surface area contributed by atoms with Gasteiger partial charge in [-0.1, -0.05) is 42.5 Å². The number of aryl methyl sites for hydroxylation is 1. The molecule has 0 aliphatic carbocycles. The molecule has 0 bridgehead atoms. The average molecular weight is 489 g/mol. The van der Waals surface area contributed by atoms with Gasteiger partial charge >= 0.3 is 0 Å². The number of halogens is 1. The fourth-order valence-electron chi connectivity index (χ4n) is 4.26. The highest BCUT2D eigenvalue weighted by molar-refractivity contribution is 6.46. The molecule has 1 aliphatic rings. The Bertz CT molecular complexity index is 1290. The Hall–Kier alpha value is -3.97. The highest BCUT2D eigenvalue weighted by Gasteiger charge is 2.45. The number of carbonyl (C=O) groups is 2. The van der Waals surface area contributed by atoms with Crippen molar-refractivity contribution in [3.63, 3.8) is 0 Å². The number of aliphatic hydroxyl groups is 1. The summed E-state index contributed by atoms with van der Waals surface area (Å²) in [6.07, 6.45) is 0. The van der Waals surface area contributed by atoms with E-state index in [9.17, 15) is 19.1 Å². The van der Waals surface area contributed by atoms with Crippen molar-refractivity contribution in [3.8, 4) is 5.75 Å². The normalized spacial score (nSPS) is 17.1. The molecule has 3 aromatic carbocycles. The Kier molecular flexibility index (Phi) is 7.50. The minimum absolute atomic E-state index is 0.0114. The molecule has 1 atom stereocenters. The van der Waals surface area contributed by atoms with E-state index in [1.807, 2.05) is 56.3 Å². The summed E-state index contributed by atoms with van der Waals surface area (Å²) in [6.45, 7) is 3.05. The van der Waals surface area contributed by atoms with Gasteiger partial charge in [-0.2, -0.15) is 0 Å². The number of likely N-dealkylation sites (tertiary alicyclic amines) is 1. The number of nitrogens with zero attached hydrogens (tertiary/aromatic N) is 2. The maximum absolute atomic E-state index is 13.6. The standard InChI is InChI=1S/C29H29FN2O4/c1-19-17-22(11-14-24(19)36-18-20-7-5-4-6-8-20)27(33)25-26(21-9-12-23(30)13-10-21)32(16-15-31(2)3)29(35)28(25)34/h4-14,17,26,33H,15-16,18H2,1-3H3. The lowest BCUT2D eigenvalue weighted by Gasteiger charge is -2.26. The third-order valence-corrected chi connectivity index (χ3v) is 6.20. The molecule has 0 saturated carbocycles. The molecule has 1 aliphatic heterocycles. The Labute approximate surface area is 210 Å². The molecule has 7 heteroatoms. The summed E-state index contributed by atoms with van der Waals surface area (Å²) < 4.78 is 19.6. The van der Waals surface area contributed by atoms with Crippen LogP contribution in [0.2, 0.25) is 0 Å². The predicted octanol–water partition coefficient (Wildman–Crippen LogP) is 4.70. The van der Waals surface area contributed by atoms with Gasteiger partial charge in [0.1, 0.15) is 23.9 Å². The van der Waals surface area contributed by atoms with Crippen LogP contribution in [0.15, 0.2) is 78.4 Å². The Morgan fingerprint density at radius 1 is 1.03 bits per heavy atom. The van der Waals surface area contributed by atoms with Crippen LogP contribution in [0, 0.1) is 12.7 Å². The van der Waals surface area contributed by atoms with E-state index < -0.39 is 23.5 Å². The molecule has 0 radical (unpaired) electrons. The molecule has 3 aromatic rings. The lowest BCUT2D eigenvalue weighted by atomic mass is 9.94. The first-order valence-corrected chi connectivity index (χ1v) is 11.7. The van der Waals surface area contributed by atoms with Gasteiger partial charge in [0.25, 0.3) is 11.7 Å². The molecule has 1 heterocycles. The van der Waals surface area contributed by atoms with E-state index in [-0.39, 0.29) is 17.9 Å². The zero-order valence-electron chi connectivity index (χ0n) is 20.6. The number of benzene rings is 3. The van der Waals surface area contributed by atoms with E-state index in [4.69, 9.17) is 4.74 Å². The number of amides is 1. The van der Waals surface area contributed by atoms with Gasteiger partial charge in [0, 0.05) is 18.7 Å². The number of hydrogen-bond acceptors (Lipinski definition) is 5. The molecule has 6 nitrogen and oxygen atoms in total. The highest BCUT2D eigenvalue weighted by Crippen LogP contribution is 2.39. The molecule has 1 unspecified atom stereocenters. The third kappa shape index (κ3) is 5.31. The second kappa shape index (κ2) is 10.7. The Morgan fingerprint density at radius 2 is 1.72 bits per heavy atom. The summed E-state index contributed by atoms with van der Waals surface area (Å²) >= 11 is 0. The third-order valence-electron chi connectivity index (χ3n) is 6.20. The van der Waals surface area contributed by atoms with Gasteiger partial charge in [-0.25, -0.2) is 4.39 Å². The second-order valence-corrected chi connectivity index (χ2v) is 9.10. The number of ether oxygens (including phenoxy) is 1. The van der Waals surface area contributed by atoms with Gasteiger partial charge < -0.3 is 19.6 Å². The topological polar surface area (TPSA) is 70.1 Å². The Morgan fingerprint density at radius 3 is 2.36 bits per heavy atom. The van der Waals surface area contributed by atoms with E-state index in [1.54, 1.807) is 18.2 Å². The lowest BCUT2D eigenvalue weighted by Crippen LogP contribution is -2.35. The quantitative estimate of drug-likeness (QED) is 0.283. The SMILES string of the molecule is Cc1cc(C(O)=C2C(=O)C(=O)N(CCN(C)C)C2c2ccc(F)cc2)ccc1OCc1ccccc1. The summed E-state index contributed by atoms with van der Waals surface area (Å²) in [4.78, 5) is 29.4. The minimum atomic E-state index is -0.820. The minimum Gasteiger partial charge on any atom is -0.507 e. The van der Waals surface area contributed by atoms with Gasteiger partial charge in [-0.3, -0.25) is 9.59 Å². The predicted molar refractivity (Wildman–Crippen MR) is 136 cm³/mol. The summed E-state index contributed by atoms with van der Waals surface area (Å²) in [5.74, 6) is -1.50. The van der Waals surface area contributed by atoms with E-state index >= 15 is 0 Å². The van der Waals surface area contributed by atoms with Crippen molar-refractivity contribution in [1.29, 1.82) is 0 Å². The lowest BCUT2D eigenvalue weighted by molar-refractivity contribution is -0.140. The van der Waals surface area contributed by atoms with Crippen LogP contribution in [0.3, 0.4) is 0 Å². The van der Waals surface area contributed by atoms with Gasteiger partial charge in [0.2, 0.25) is 0 Å². The Balaban J connectivity index is 1.69. The number of Topliss-reactive ketones (excluding diaryl/α,β-unsaturated/α-hetero) is 1. The molecule has 1 fully saturated rings. The first-order chi connectivity index (χ1) is 17.3. The first kappa shape index (κ1) is 25.1. The fourth-order valence-corrected chi connectivity index (χ4v) is 4.26. The molecule has 36 heavy (non-hydrogen) atoms. The second-order valence-electron chi connectivity index (χ2n) is 9.10. The van der Waals surface area contributed by atoms with Crippen LogP contribution >= 0.6 is 0 Å². The van der Waals surface area contributed by atoms with Gasteiger partial charge in [0.05, 0.1) is 11.6 Å². The van der Waals surface area contributed by atoms with Crippen LogP contribution in [0.5, 0.6) is 5.75 Å². The zero-order chi connectivity index (χ0) is 25.8. The summed E-state index contributed by atoms with van der Waals surface area (Å²) in [5.41, 5.74) is 2.74. The first-order valence-electron chi connectivity index (χ1n) is 11.7. The maximum Gasteiger partial charge on any atom is 0.295 e. The molecular formula is C29H29FN2O4. The number of carbonyl (C=O) groups excluding carboxylic acids is 2. The number of ketones is 1. The average Bonchev–Trinajstić information content (AvgIpc) is 3.12. The highest BCUT2D eigenvalue weighted by atomic mass is 19.1. The molecule has 186 valence electrons. The molecule has 1 amide bonds. The van der Waals surface area contributed by atoms with Gasteiger partial charge in [0.15, 0.2) is 0 Å². The van der Waals surface area contributed by atoms with Crippen molar-refractivity contribution in [3.05, 3.63) is 106 Å². The van der Waals surface area contributed by atoms with Crippen LogP contribution in [0.4, 0.5) is 4.39 Å². The molecule has 1 N–H and O–H groups in total. The van der Waals surface area contributed by atoms with Crippen LogP contribution in [0.25, 0.3) is 5.76 Å². The summed E-state index contributed by atoms with van der Waals surface area (Å²) in [7, 11) is 3.74. The molecule has 0 spiro atoms. The number of likely N-dealkylation sites (N-methyl/N-ethyl adjacent to an activating group) is 1. The number of rotatable bonds is 8. The van der Waals surface area contributed by atoms with Crippen molar-refractivity contribution in [2.75, 3.05) is 27.2 Å². The number of aliphatic hydroxyl groups excluding tert-OH is 1. The monoisotopic (exact) mass is 488 g/mol. The van der Waals surface area contributed by atoms with Crippen LogP contribution in [-0.2, 0) is 16.2 Å². The van der Waals surface area contributed by atoms with E-state index in [0.717, 1.165) is 11.1 Å². The van der Waals surface area contributed by atoms with Crippen LogP contribution in [-0.4, -0.2) is 53.8 Å². The van der Waals surface area contributed by atoms with Crippen molar-refractivity contribution < 1.29 is 23.8 Å². The number of hydrogen-bond donors (Lipinski definition) is 1. The van der Waals surface area contributed by atoms with Gasteiger partial charge in [-0.15, -0.1) is 0 Å². The van der Waals surface area contributed by atoms with Crippen molar-refractivity contribution in [1.82, 2.24) is 9.80 Å². The summed E-state index contributed by atoms with van der Waals surface area (Å²) in [5, 5.41) is 11.3. The zero-order valence-corrected chi connectivity index (χ0v) is 20.6. The van der Waals surface area contributed by atoms with Crippen molar-refractivity contribution in [2.45, 2.75) is 19.6 Å². The van der Waals surface area contributed by atoms with E-state index in [1.165, 1.54) is 29.2 Å². The van der Waals surface area contributed by atoms with Crippen molar-refractivity contribution >= 4 is 17.4 Å². The maximum atomic E-state index is 13.6. The van der Waals surface area contributed by atoms with Crippen LogP contribution < -0.4 is 4.74 Å². The van der Waals surface area contributed by atoms with Gasteiger partial charge in [-0.05, 0) is 68.0 Å². The molecule has 4 rings (SSSR count). The smallest absolute Gasteiger partial charge is 0.295 e. The summed E-state index contributed by atoms with van der Waals surface area (Å²) in [6, 6.07) is 19.7. The van der Waals surface area contributed by atoms with Crippen molar-refractivity contribution in [2.24, 2.45) is 0 Å². The largest absolute Gasteiger partial charge is 0.507 e. The molecule has 0 aromatic heterocycles. The molecule has 1 saturated heterocycles. The van der Waals surface area contributed by atoms with E-state index in [0.29, 0.717) is 30.0 Å². The van der Waals surface area contributed by atoms with Crippen LogP contribution in [0.1, 0.15) is 28.3 Å². The van der Waals surface area contributed by atoms with E-state index in [2.05, 4.69) is 0 Å². The fraction of sp³-hybridized carbons (Fsp3) is 0.241. The molecular weight excluding hydrogens is 459 g/mol.